The number of fused-ring (bicyclic) bond motifs is 1. The molecule has 2 aliphatic heterocycles. The molecular weight excluding hydrogens is 460 g/mol. The van der Waals surface area contributed by atoms with Gasteiger partial charge in [0.25, 0.3) is 0 Å². The number of likely N-dealkylation sites (tertiary alicyclic amines) is 1. The van der Waals surface area contributed by atoms with Crippen molar-refractivity contribution in [1.29, 1.82) is 0 Å². The third-order valence-electron chi connectivity index (χ3n) is 8.18. The van der Waals surface area contributed by atoms with Crippen molar-refractivity contribution in [2.45, 2.75) is 42.9 Å². The summed E-state index contributed by atoms with van der Waals surface area (Å²) in [5.74, 6) is 2.65. The number of likely N-dealkylation sites (N-methyl/N-ethyl adjacent to an activating group) is 1. The molecule has 0 unspecified atom stereocenters. The maximum absolute atomic E-state index is 10.7. The van der Waals surface area contributed by atoms with Crippen LogP contribution in [0.1, 0.15) is 24.0 Å². The maximum atomic E-state index is 10.7. The van der Waals surface area contributed by atoms with E-state index in [1.165, 1.54) is 16.5 Å². The molecule has 6 heteroatoms. The largest absolute Gasteiger partial charge is 0.490 e. The predicted molar refractivity (Wildman–Crippen MR) is 138 cm³/mol. The summed E-state index contributed by atoms with van der Waals surface area (Å²) in [5.41, 5.74) is 3.61. The van der Waals surface area contributed by atoms with Gasteiger partial charge in [-0.15, -0.1) is 11.6 Å². The molecule has 1 aromatic heterocycles. The van der Waals surface area contributed by atoms with Crippen molar-refractivity contribution in [3.05, 3.63) is 78.0 Å². The number of alkyl halides is 1. The van der Waals surface area contributed by atoms with Gasteiger partial charge in [-0.05, 0) is 56.6 Å². The number of hydrogen-bond acceptors (Lipinski definition) is 5. The zero-order valence-corrected chi connectivity index (χ0v) is 20.7. The number of aromatic nitrogens is 1. The fraction of sp³-hybridized carbons (Fsp3) is 0.414. The molecule has 182 valence electrons. The van der Waals surface area contributed by atoms with Crippen LogP contribution >= 0.6 is 11.6 Å². The first-order valence-corrected chi connectivity index (χ1v) is 13.0. The number of hydrogen-bond donors (Lipinski definition) is 1. The number of aliphatic hydroxyl groups is 1. The summed E-state index contributed by atoms with van der Waals surface area (Å²) in [5, 5.41) is 11.9. The maximum Gasteiger partial charge on any atom is 0.165 e. The molecule has 1 N–H and O–H groups in total. The SMILES string of the molecule is CN1CC[C@]23c4c5ccc(OCCCCl)c4O[C@H]2[C@@H](O)C=C[C@H]3[C@H]1C5.c1ccc2ncccc2c1. The fourth-order valence-electron chi connectivity index (χ4n) is 6.59. The normalized spacial score (nSPS) is 29.7. The molecular formula is C29H31ClN2O3. The second kappa shape index (κ2) is 9.12. The number of halogens is 1. The van der Waals surface area contributed by atoms with Crippen LogP contribution in [-0.4, -0.2) is 59.3 Å². The number of rotatable bonds is 4. The van der Waals surface area contributed by atoms with E-state index < -0.39 is 6.10 Å². The molecule has 7 rings (SSSR count). The molecule has 0 radical (unpaired) electrons. The van der Waals surface area contributed by atoms with Crippen molar-refractivity contribution in [2.24, 2.45) is 5.92 Å². The first-order valence-electron chi connectivity index (χ1n) is 12.5. The summed E-state index contributed by atoms with van der Waals surface area (Å²) >= 11 is 5.78. The Labute approximate surface area is 211 Å². The van der Waals surface area contributed by atoms with Gasteiger partial charge >= 0.3 is 0 Å². The minimum absolute atomic E-state index is 0.111. The van der Waals surface area contributed by atoms with Crippen LogP contribution in [-0.2, 0) is 11.8 Å². The lowest BCUT2D eigenvalue weighted by Gasteiger charge is -2.56. The summed E-state index contributed by atoms with van der Waals surface area (Å²) in [6, 6.07) is 16.8. The number of ether oxygens (including phenoxy) is 2. The highest BCUT2D eigenvalue weighted by molar-refractivity contribution is 6.17. The summed E-state index contributed by atoms with van der Waals surface area (Å²) < 4.78 is 12.4. The first-order chi connectivity index (χ1) is 17.1. The highest BCUT2D eigenvalue weighted by Crippen LogP contribution is 2.62. The minimum atomic E-state index is -0.561. The Morgan fingerprint density at radius 1 is 1.17 bits per heavy atom. The molecule has 3 aromatic rings. The molecule has 5 nitrogen and oxygen atoms in total. The molecule has 2 bridgehead atoms. The molecule has 3 heterocycles. The lowest BCUT2D eigenvalue weighted by Crippen LogP contribution is -2.64. The molecule has 0 saturated carbocycles. The van der Waals surface area contributed by atoms with Crippen molar-refractivity contribution in [3.63, 3.8) is 0 Å². The molecule has 0 amide bonds. The Bertz CT molecular complexity index is 1200. The highest BCUT2D eigenvalue weighted by Gasteiger charge is 2.64. The van der Waals surface area contributed by atoms with Gasteiger partial charge < -0.3 is 19.5 Å². The number of para-hydroxylation sites is 1. The Balaban J connectivity index is 0.000000191. The van der Waals surface area contributed by atoms with E-state index in [0.29, 0.717) is 24.4 Å². The fourth-order valence-corrected chi connectivity index (χ4v) is 6.70. The van der Waals surface area contributed by atoms with Crippen LogP contribution in [0.5, 0.6) is 11.5 Å². The predicted octanol–water partition coefficient (Wildman–Crippen LogP) is 4.74. The molecule has 1 saturated heterocycles. The van der Waals surface area contributed by atoms with Crippen molar-refractivity contribution in [2.75, 3.05) is 26.1 Å². The molecule has 5 atom stereocenters. The van der Waals surface area contributed by atoms with Gasteiger partial charge in [-0.1, -0.05) is 42.5 Å². The third-order valence-corrected chi connectivity index (χ3v) is 8.45. The van der Waals surface area contributed by atoms with Crippen LogP contribution in [0.15, 0.2) is 66.9 Å². The van der Waals surface area contributed by atoms with Gasteiger partial charge in [-0.2, -0.15) is 0 Å². The van der Waals surface area contributed by atoms with E-state index in [1.807, 2.05) is 42.6 Å². The highest BCUT2D eigenvalue weighted by atomic mass is 35.5. The number of aliphatic hydroxyl groups excluding tert-OH is 1. The average molecular weight is 491 g/mol. The standard InChI is InChI=1S/C20H24ClNO3.C9H7N/c1-22-9-7-20-13-4-5-15(23)19(20)25-18-16(24-10-2-8-21)6-3-12(17(18)20)11-14(13)22;1-2-6-9-8(4-1)5-3-7-10-9/h3-6,13-15,19,23H,2,7-11H2,1H3;1-7H/t13-,14+,15-,19-,20-;/m0./s1. The van der Waals surface area contributed by atoms with Crippen molar-refractivity contribution in [3.8, 4) is 11.5 Å². The van der Waals surface area contributed by atoms with Gasteiger partial charge in [0.15, 0.2) is 11.5 Å². The number of benzene rings is 2. The van der Waals surface area contributed by atoms with E-state index in [1.54, 1.807) is 0 Å². The van der Waals surface area contributed by atoms with E-state index in [2.05, 4.69) is 41.2 Å². The zero-order chi connectivity index (χ0) is 24.0. The summed E-state index contributed by atoms with van der Waals surface area (Å²) in [7, 11) is 2.22. The van der Waals surface area contributed by atoms with E-state index in [9.17, 15) is 5.11 Å². The number of nitrogens with zero attached hydrogens (tertiary/aromatic N) is 2. The van der Waals surface area contributed by atoms with Crippen LogP contribution in [0, 0.1) is 5.92 Å². The third kappa shape index (κ3) is 3.64. The molecule has 1 fully saturated rings. The van der Waals surface area contributed by atoms with Gasteiger partial charge in [-0.3, -0.25) is 4.98 Å². The van der Waals surface area contributed by atoms with E-state index >= 15 is 0 Å². The van der Waals surface area contributed by atoms with Gasteiger partial charge in [-0.25, -0.2) is 0 Å². The lowest BCUT2D eigenvalue weighted by atomic mass is 9.53. The summed E-state index contributed by atoms with van der Waals surface area (Å²) in [6.45, 7) is 1.63. The van der Waals surface area contributed by atoms with E-state index in [-0.39, 0.29) is 11.5 Å². The molecule has 2 aliphatic carbocycles. The van der Waals surface area contributed by atoms with Crippen LogP contribution < -0.4 is 9.47 Å². The second-order valence-corrected chi connectivity index (χ2v) is 10.4. The summed E-state index contributed by atoms with van der Waals surface area (Å²) in [4.78, 5) is 6.65. The number of pyridine rings is 1. The van der Waals surface area contributed by atoms with Gasteiger partial charge in [0.2, 0.25) is 0 Å². The van der Waals surface area contributed by atoms with Crippen LogP contribution in [0.3, 0.4) is 0 Å². The minimum Gasteiger partial charge on any atom is -0.490 e. The van der Waals surface area contributed by atoms with Gasteiger partial charge in [0, 0.05) is 40.4 Å². The molecule has 4 aliphatic rings. The smallest absolute Gasteiger partial charge is 0.165 e. The van der Waals surface area contributed by atoms with Crippen LogP contribution in [0.25, 0.3) is 10.9 Å². The Kier molecular flexibility index (Phi) is 5.95. The molecule has 1 spiro atoms. The topological polar surface area (TPSA) is 54.8 Å². The van der Waals surface area contributed by atoms with E-state index in [4.69, 9.17) is 21.1 Å². The van der Waals surface area contributed by atoms with Crippen molar-refractivity contribution >= 4 is 22.5 Å². The monoisotopic (exact) mass is 490 g/mol. The van der Waals surface area contributed by atoms with Crippen LogP contribution in [0.2, 0.25) is 0 Å². The van der Waals surface area contributed by atoms with Crippen LogP contribution in [0.4, 0.5) is 0 Å². The second-order valence-electron chi connectivity index (χ2n) is 10.00. The molecule has 2 aromatic carbocycles. The van der Waals surface area contributed by atoms with Crippen molar-refractivity contribution < 1.29 is 14.6 Å². The number of piperidine rings is 1. The Hall–Kier alpha value is -2.60. The average Bonchev–Trinajstić information content (AvgIpc) is 3.25. The lowest BCUT2D eigenvalue weighted by molar-refractivity contribution is -0.0454. The Morgan fingerprint density at radius 2 is 2.03 bits per heavy atom. The first kappa shape index (κ1) is 22.8. The quantitative estimate of drug-likeness (QED) is 0.325. The summed E-state index contributed by atoms with van der Waals surface area (Å²) in [6.07, 6.45) is 8.08. The molecule has 35 heavy (non-hydrogen) atoms. The van der Waals surface area contributed by atoms with Crippen molar-refractivity contribution in [1.82, 2.24) is 9.88 Å². The van der Waals surface area contributed by atoms with E-state index in [0.717, 1.165) is 42.8 Å². The zero-order valence-electron chi connectivity index (χ0n) is 19.9. The van der Waals surface area contributed by atoms with Gasteiger partial charge in [0.1, 0.15) is 12.2 Å². The Morgan fingerprint density at radius 3 is 2.89 bits per heavy atom. The van der Waals surface area contributed by atoms with Gasteiger partial charge in [0.05, 0.1) is 12.1 Å².